The summed E-state index contributed by atoms with van der Waals surface area (Å²) in [6.07, 6.45) is 3.94. The van der Waals surface area contributed by atoms with Crippen molar-refractivity contribution in [2.75, 3.05) is 39.5 Å². The zero-order valence-electron chi connectivity index (χ0n) is 11.4. The molecule has 106 valence electrons. The van der Waals surface area contributed by atoms with Crippen LogP contribution in [0.3, 0.4) is 0 Å². The van der Waals surface area contributed by atoms with Crippen LogP contribution in [0.5, 0.6) is 0 Å². The van der Waals surface area contributed by atoms with E-state index in [4.69, 9.17) is 15.2 Å². The molecule has 0 aromatic carbocycles. The van der Waals surface area contributed by atoms with Crippen LogP contribution in [0.25, 0.3) is 0 Å². The van der Waals surface area contributed by atoms with E-state index in [-0.39, 0.29) is 5.91 Å². The van der Waals surface area contributed by atoms with Crippen molar-refractivity contribution in [2.45, 2.75) is 38.7 Å². The van der Waals surface area contributed by atoms with Crippen molar-refractivity contribution in [1.29, 1.82) is 0 Å². The molecule has 2 N–H and O–H groups in total. The van der Waals surface area contributed by atoms with Crippen molar-refractivity contribution in [1.82, 2.24) is 4.90 Å². The Morgan fingerprint density at radius 2 is 2.33 bits per heavy atom. The highest BCUT2D eigenvalue weighted by Gasteiger charge is 2.18. The fourth-order valence-corrected chi connectivity index (χ4v) is 2.13. The first kappa shape index (κ1) is 15.4. The number of carbonyl (C=O) groups is 1. The molecule has 1 fully saturated rings. The van der Waals surface area contributed by atoms with Crippen LogP contribution < -0.4 is 5.73 Å². The average Bonchev–Trinajstić information content (AvgIpc) is 2.89. The highest BCUT2D eigenvalue weighted by molar-refractivity contribution is 5.76. The second-order valence-electron chi connectivity index (χ2n) is 4.55. The molecule has 1 atom stereocenters. The molecule has 0 aromatic heterocycles. The second kappa shape index (κ2) is 9.30. The number of likely N-dealkylation sites (N-methyl/N-ethyl adjacent to an activating group) is 1. The van der Waals surface area contributed by atoms with Gasteiger partial charge < -0.3 is 20.1 Å². The molecule has 0 radical (unpaired) electrons. The number of hydrogen-bond donors (Lipinski definition) is 1. The molecule has 1 aliphatic heterocycles. The Kier molecular flexibility index (Phi) is 7.96. The lowest BCUT2D eigenvalue weighted by molar-refractivity contribution is -0.132. The van der Waals surface area contributed by atoms with Gasteiger partial charge in [-0.05, 0) is 26.2 Å². The van der Waals surface area contributed by atoms with E-state index in [2.05, 4.69) is 0 Å². The van der Waals surface area contributed by atoms with E-state index in [0.29, 0.717) is 38.8 Å². The summed E-state index contributed by atoms with van der Waals surface area (Å²) in [4.78, 5) is 13.8. The van der Waals surface area contributed by atoms with Gasteiger partial charge in [0.1, 0.15) is 0 Å². The van der Waals surface area contributed by atoms with Gasteiger partial charge in [-0.2, -0.15) is 0 Å². The summed E-state index contributed by atoms with van der Waals surface area (Å²) in [5, 5.41) is 0. The van der Waals surface area contributed by atoms with Gasteiger partial charge in [-0.25, -0.2) is 0 Å². The molecule has 1 rings (SSSR count). The van der Waals surface area contributed by atoms with Crippen LogP contribution in [0.2, 0.25) is 0 Å². The number of nitrogens with two attached hydrogens (primary N) is 1. The first-order valence-electron chi connectivity index (χ1n) is 6.95. The zero-order chi connectivity index (χ0) is 13.2. The quantitative estimate of drug-likeness (QED) is 0.620. The molecule has 0 aromatic rings. The fourth-order valence-electron chi connectivity index (χ4n) is 2.13. The maximum Gasteiger partial charge on any atom is 0.222 e. The van der Waals surface area contributed by atoms with Gasteiger partial charge in [0.15, 0.2) is 0 Å². The van der Waals surface area contributed by atoms with Crippen LogP contribution in [-0.4, -0.2) is 56.4 Å². The van der Waals surface area contributed by atoms with E-state index >= 15 is 0 Å². The Balaban J connectivity index is 2.14. The topological polar surface area (TPSA) is 64.8 Å². The molecule has 0 aliphatic carbocycles. The van der Waals surface area contributed by atoms with Gasteiger partial charge in [0.2, 0.25) is 5.91 Å². The lowest BCUT2D eigenvalue weighted by Gasteiger charge is -2.21. The van der Waals surface area contributed by atoms with E-state index in [1.165, 1.54) is 0 Å². The van der Waals surface area contributed by atoms with Gasteiger partial charge in [0, 0.05) is 32.7 Å². The van der Waals surface area contributed by atoms with Crippen molar-refractivity contribution >= 4 is 5.91 Å². The number of rotatable bonds is 9. The molecule has 5 nitrogen and oxygen atoms in total. The first-order chi connectivity index (χ1) is 8.77. The zero-order valence-corrected chi connectivity index (χ0v) is 11.4. The normalized spacial score (nSPS) is 19.1. The third kappa shape index (κ3) is 5.80. The molecule has 1 aliphatic rings. The number of hydrogen-bond acceptors (Lipinski definition) is 4. The Hall–Kier alpha value is -0.650. The highest BCUT2D eigenvalue weighted by Crippen LogP contribution is 2.17. The van der Waals surface area contributed by atoms with Crippen LogP contribution >= 0.6 is 0 Å². The van der Waals surface area contributed by atoms with Crippen molar-refractivity contribution in [3.63, 3.8) is 0 Å². The summed E-state index contributed by atoms with van der Waals surface area (Å²) in [6, 6.07) is 0. The summed E-state index contributed by atoms with van der Waals surface area (Å²) in [6.45, 7) is 5.88. The molecule has 1 unspecified atom stereocenters. The summed E-state index contributed by atoms with van der Waals surface area (Å²) in [7, 11) is 0. The monoisotopic (exact) mass is 258 g/mol. The molecule has 5 heteroatoms. The molecule has 18 heavy (non-hydrogen) atoms. The predicted octanol–water partition coefficient (Wildman–Crippen LogP) is 0.769. The standard InChI is InChI=1S/C13H26N2O3/c1-2-15(8-11-17-10-7-14)13(16)6-5-12-4-3-9-18-12/h12H,2-11,14H2,1H3. The minimum atomic E-state index is 0.198. The number of nitrogens with zero attached hydrogens (tertiary/aromatic N) is 1. The Morgan fingerprint density at radius 3 is 2.94 bits per heavy atom. The Labute approximate surface area is 110 Å². The maximum atomic E-state index is 12.0. The number of carbonyl (C=O) groups excluding carboxylic acids is 1. The first-order valence-corrected chi connectivity index (χ1v) is 6.95. The molecular formula is C13H26N2O3. The lowest BCUT2D eigenvalue weighted by atomic mass is 10.1. The van der Waals surface area contributed by atoms with E-state index in [1.807, 2.05) is 11.8 Å². The van der Waals surface area contributed by atoms with Crippen LogP contribution in [0.4, 0.5) is 0 Å². The van der Waals surface area contributed by atoms with Gasteiger partial charge in [-0.1, -0.05) is 0 Å². The van der Waals surface area contributed by atoms with Gasteiger partial charge >= 0.3 is 0 Å². The van der Waals surface area contributed by atoms with Gasteiger partial charge in [0.05, 0.1) is 19.3 Å². The minimum Gasteiger partial charge on any atom is -0.378 e. The number of ether oxygens (including phenoxy) is 2. The largest absolute Gasteiger partial charge is 0.378 e. The average molecular weight is 258 g/mol. The van der Waals surface area contributed by atoms with Crippen molar-refractivity contribution in [3.05, 3.63) is 0 Å². The van der Waals surface area contributed by atoms with Crippen LogP contribution in [0, 0.1) is 0 Å². The predicted molar refractivity (Wildman–Crippen MR) is 70.3 cm³/mol. The molecule has 0 spiro atoms. The Bertz CT molecular complexity index is 230. The molecular weight excluding hydrogens is 232 g/mol. The van der Waals surface area contributed by atoms with Crippen molar-refractivity contribution < 1.29 is 14.3 Å². The van der Waals surface area contributed by atoms with Gasteiger partial charge in [-0.3, -0.25) is 4.79 Å². The van der Waals surface area contributed by atoms with E-state index < -0.39 is 0 Å². The summed E-state index contributed by atoms with van der Waals surface area (Å²) in [5.41, 5.74) is 5.34. The minimum absolute atomic E-state index is 0.198. The second-order valence-corrected chi connectivity index (χ2v) is 4.55. The van der Waals surface area contributed by atoms with Crippen LogP contribution in [0.1, 0.15) is 32.6 Å². The molecule has 1 saturated heterocycles. The van der Waals surface area contributed by atoms with Crippen molar-refractivity contribution in [2.24, 2.45) is 5.73 Å². The van der Waals surface area contributed by atoms with Crippen LogP contribution in [0.15, 0.2) is 0 Å². The maximum absolute atomic E-state index is 12.0. The summed E-state index contributed by atoms with van der Waals surface area (Å²) < 4.78 is 10.8. The number of amides is 1. The molecule has 0 saturated carbocycles. The van der Waals surface area contributed by atoms with E-state index in [1.54, 1.807) is 0 Å². The lowest BCUT2D eigenvalue weighted by Crippen LogP contribution is -2.34. The third-order valence-corrected chi connectivity index (χ3v) is 3.21. The van der Waals surface area contributed by atoms with Crippen molar-refractivity contribution in [3.8, 4) is 0 Å². The van der Waals surface area contributed by atoms with E-state index in [0.717, 1.165) is 32.4 Å². The molecule has 0 bridgehead atoms. The van der Waals surface area contributed by atoms with Gasteiger partial charge in [-0.15, -0.1) is 0 Å². The molecule has 1 heterocycles. The fraction of sp³-hybridized carbons (Fsp3) is 0.923. The summed E-state index contributed by atoms with van der Waals surface area (Å²) >= 11 is 0. The van der Waals surface area contributed by atoms with E-state index in [9.17, 15) is 4.79 Å². The van der Waals surface area contributed by atoms with Gasteiger partial charge in [0.25, 0.3) is 0 Å². The smallest absolute Gasteiger partial charge is 0.222 e. The molecule has 1 amide bonds. The van der Waals surface area contributed by atoms with Crippen LogP contribution in [-0.2, 0) is 14.3 Å². The third-order valence-electron chi connectivity index (χ3n) is 3.21. The SMILES string of the molecule is CCN(CCOCCN)C(=O)CCC1CCCO1. The summed E-state index contributed by atoms with van der Waals surface area (Å²) in [5.74, 6) is 0.198. The highest BCUT2D eigenvalue weighted by atomic mass is 16.5. The Morgan fingerprint density at radius 1 is 1.50 bits per heavy atom.